The van der Waals surface area contributed by atoms with Gasteiger partial charge in [-0.05, 0) is 93.7 Å². The normalized spacial score (nSPS) is 11.3. The topological polar surface area (TPSA) is 64.7 Å². The molecule has 0 atom stereocenters. The average molecular weight is 621 g/mol. The van der Waals surface area contributed by atoms with E-state index in [1.54, 1.807) is 0 Å². The summed E-state index contributed by atoms with van der Waals surface area (Å²) in [7, 11) is 0. The van der Waals surface area contributed by atoms with Crippen molar-refractivity contribution < 1.29 is 9.59 Å². The number of amides is 2. The van der Waals surface area contributed by atoms with Crippen molar-refractivity contribution in [3.63, 3.8) is 0 Å². The predicted octanol–water partition coefficient (Wildman–Crippen LogP) is 9.30. The van der Waals surface area contributed by atoms with E-state index in [0.29, 0.717) is 12.8 Å². The fourth-order valence-corrected chi connectivity index (χ4v) is 5.57. The zero-order valence-electron chi connectivity index (χ0n) is 29.2. The number of hydrogen-bond acceptors (Lipinski definition) is 4. The molecule has 0 aromatic heterocycles. The van der Waals surface area contributed by atoms with Crippen LogP contribution in [-0.4, -0.2) is 60.9 Å². The van der Waals surface area contributed by atoms with Gasteiger partial charge < -0.3 is 20.4 Å². The van der Waals surface area contributed by atoms with E-state index in [4.69, 9.17) is 0 Å². The number of nitrogens with one attached hydrogen (secondary N) is 2. The maximum atomic E-state index is 12.7. The molecule has 0 saturated heterocycles. The van der Waals surface area contributed by atoms with Crippen LogP contribution in [0.4, 0.5) is 11.4 Å². The summed E-state index contributed by atoms with van der Waals surface area (Å²) in [5.41, 5.74) is 4.07. The van der Waals surface area contributed by atoms with E-state index in [1.807, 2.05) is 24.3 Å². The van der Waals surface area contributed by atoms with E-state index < -0.39 is 0 Å². The summed E-state index contributed by atoms with van der Waals surface area (Å²) in [5, 5.41) is 6.16. The minimum Gasteiger partial charge on any atom is -0.326 e. The number of benzene rings is 2. The van der Waals surface area contributed by atoms with Crippen molar-refractivity contribution in [2.45, 2.75) is 124 Å². The molecular weight excluding hydrogens is 556 g/mol. The molecule has 0 saturated carbocycles. The molecule has 0 aliphatic rings. The molecule has 2 aromatic carbocycles. The van der Waals surface area contributed by atoms with Crippen LogP contribution in [0.1, 0.15) is 129 Å². The number of unbranched alkanes of at least 4 members (excludes halogenated alkanes) is 8. The van der Waals surface area contributed by atoms with Crippen molar-refractivity contribution in [2.24, 2.45) is 0 Å². The van der Waals surface area contributed by atoms with Gasteiger partial charge in [0.05, 0.1) is 0 Å². The van der Waals surface area contributed by atoms with Gasteiger partial charge in [0, 0.05) is 37.3 Å². The fraction of sp³-hybridized carbons (Fsp3) is 0.641. The van der Waals surface area contributed by atoms with Gasteiger partial charge in [-0.2, -0.15) is 0 Å². The lowest BCUT2D eigenvalue weighted by atomic mass is 10.0. The first kappa shape index (κ1) is 38.5. The van der Waals surface area contributed by atoms with Gasteiger partial charge in [0.2, 0.25) is 11.8 Å². The molecule has 2 N–H and O–H groups in total. The molecule has 2 amide bonds. The number of hydrogen-bond donors (Lipinski definition) is 2. The van der Waals surface area contributed by atoms with E-state index in [2.05, 4.69) is 72.4 Å². The number of nitrogens with zero attached hydrogens (tertiary/aromatic N) is 2. The summed E-state index contributed by atoms with van der Waals surface area (Å²) in [6.45, 7) is 14.9. The Balaban J connectivity index is 1.76. The minimum absolute atomic E-state index is 0.0797. The van der Waals surface area contributed by atoms with Crippen LogP contribution in [0.2, 0.25) is 0 Å². The predicted molar refractivity (Wildman–Crippen MR) is 193 cm³/mol. The molecule has 0 bridgehead atoms. The SMILES string of the molecule is CCCCCCN(CCCC)CCC(=O)Nc1ccc(Cc2ccc(NC(=O)CCN(CCCC)CCCCCC)cc2)cc1. The van der Waals surface area contributed by atoms with Crippen molar-refractivity contribution in [3.05, 3.63) is 59.7 Å². The van der Waals surface area contributed by atoms with Gasteiger partial charge in [-0.25, -0.2) is 0 Å². The van der Waals surface area contributed by atoms with Crippen molar-refractivity contribution >= 4 is 23.2 Å². The third kappa shape index (κ3) is 18.1. The minimum atomic E-state index is 0.0797. The van der Waals surface area contributed by atoms with Crippen LogP contribution in [0.5, 0.6) is 0 Å². The molecule has 0 fully saturated rings. The standard InChI is InChI=1S/C39H64N4O2/c1-5-9-13-15-29-42(27-11-7-3)31-25-38(44)40-36-21-17-34(18-22-36)33-35-19-23-37(24-20-35)41-39(45)26-32-43(28-12-8-4)30-16-14-10-6-2/h17-24H,5-16,25-33H2,1-4H3,(H,40,44)(H,41,45). The van der Waals surface area contributed by atoms with Crippen LogP contribution in [0.3, 0.4) is 0 Å². The molecule has 6 heteroatoms. The van der Waals surface area contributed by atoms with E-state index >= 15 is 0 Å². The van der Waals surface area contributed by atoms with Gasteiger partial charge in [-0.3, -0.25) is 9.59 Å². The molecular formula is C39H64N4O2. The quantitative estimate of drug-likeness (QED) is 0.103. The molecule has 0 heterocycles. The molecule has 0 unspecified atom stereocenters. The van der Waals surface area contributed by atoms with Crippen LogP contribution >= 0.6 is 0 Å². The van der Waals surface area contributed by atoms with Gasteiger partial charge in [0.15, 0.2) is 0 Å². The summed E-state index contributed by atoms with van der Waals surface area (Å²) in [4.78, 5) is 30.2. The Morgan fingerprint density at radius 2 is 0.822 bits per heavy atom. The maximum absolute atomic E-state index is 12.7. The second-order valence-electron chi connectivity index (χ2n) is 12.7. The smallest absolute Gasteiger partial charge is 0.225 e. The maximum Gasteiger partial charge on any atom is 0.225 e. The number of carbonyl (C=O) groups excluding carboxylic acids is 2. The molecule has 0 aliphatic heterocycles. The van der Waals surface area contributed by atoms with Gasteiger partial charge in [0.25, 0.3) is 0 Å². The molecule has 0 spiro atoms. The second-order valence-corrected chi connectivity index (χ2v) is 12.7. The van der Waals surface area contributed by atoms with E-state index in [0.717, 1.165) is 57.1 Å². The average Bonchev–Trinajstić information content (AvgIpc) is 3.05. The Kier molecular flexibility index (Phi) is 21.0. The summed E-state index contributed by atoms with van der Waals surface area (Å²) >= 11 is 0. The van der Waals surface area contributed by atoms with Gasteiger partial charge >= 0.3 is 0 Å². The monoisotopic (exact) mass is 621 g/mol. The van der Waals surface area contributed by atoms with Crippen LogP contribution in [0.15, 0.2) is 48.5 Å². The van der Waals surface area contributed by atoms with E-state index in [1.165, 1.54) is 88.2 Å². The molecule has 2 aromatic rings. The van der Waals surface area contributed by atoms with Crippen LogP contribution in [0, 0.1) is 0 Å². The molecule has 6 nitrogen and oxygen atoms in total. The number of carbonyl (C=O) groups is 2. The van der Waals surface area contributed by atoms with Gasteiger partial charge in [-0.1, -0.05) is 103 Å². The van der Waals surface area contributed by atoms with Crippen LogP contribution in [-0.2, 0) is 16.0 Å². The van der Waals surface area contributed by atoms with E-state index in [9.17, 15) is 9.59 Å². The second kappa shape index (κ2) is 24.5. The first-order valence-electron chi connectivity index (χ1n) is 18.2. The lowest BCUT2D eigenvalue weighted by Gasteiger charge is -2.22. The number of anilines is 2. The van der Waals surface area contributed by atoms with Gasteiger partial charge in [-0.15, -0.1) is 0 Å². The third-order valence-corrected chi connectivity index (χ3v) is 8.51. The summed E-state index contributed by atoms with van der Waals surface area (Å²) in [6.07, 6.45) is 16.7. The Hall–Kier alpha value is -2.70. The van der Waals surface area contributed by atoms with E-state index in [-0.39, 0.29) is 11.8 Å². The summed E-state index contributed by atoms with van der Waals surface area (Å²) in [6, 6.07) is 16.3. The van der Waals surface area contributed by atoms with Crippen molar-refractivity contribution in [3.8, 4) is 0 Å². The molecule has 0 radical (unpaired) electrons. The highest BCUT2D eigenvalue weighted by Gasteiger charge is 2.10. The van der Waals surface area contributed by atoms with Crippen molar-refractivity contribution in [2.75, 3.05) is 49.9 Å². The van der Waals surface area contributed by atoms with Gasteiger partial charge in [0.1, 0.15) is 0 Å². The van der Waals surface area contributed by atoms with Crippen LogP contribution in [0.25, 0.3) is 0 Å². The Morgan fingerprint density at radius 1 is 0.467 bits per heavy atom. The first-order valence-corrected chi connectivity index (χ1v) is 18.2. The molecule has 252 valence electrons. The van der Waals surface area contributed by atoms with Crippen molar-refractivity contribution in [1.82, 2.24) is 9.80 Å². The zero-order valence-corrected chi connectivity index (χ0v) is 29.2. The molecule has 45 heavy (non-hydrogen) atoms. The molecule has 0 aliphatic carbocycles. The third-order valence-electron chi connectivity index (χ3n) is 8.51. The first-order chi connectivity index (χ1) is 22.0. The largest absolute Gasteiger partial charge is 0.326 e. The zero-order chi connectivity index (χ0) is 32.5. The lowest BCUT2D eigenvalue weighted by Crippen LogP contribution is -2.30. The highest BCUT2D eigenvalue weighted by atomic mass is 16.2. The fourth-order valence-electron chi connectivity index (χ4n) is 5.57. The number of rotatable bonds is 26. The highest BCUT2D eigenvalue weighted by Crippen LogP contribution is 2.17. The Morgan fingerprint density at radius 3 is 1.18 bits per heavy atom. The highest BCUT2D eigenvalue weighted by molar-refractivity contribution is 5.91. The van der Waals surface area contributed by atoms with Crippen molar-refractivity contribution in [1.29, 1.82) is 0 Å². The Labute approximate surface area is 275 Å². The summed E-state index contributed by atoms with van der Waals surface area (Å²) in [5.74, 6) is 0.159. The lowest BCUT2D eigenvalue weighted by molar-refractivity contribution is -0.117. The van der Waals surface area contributed by atoms with Crippen LogP contribution < -0.4 is 10.6 Å². The Bertz CT molecular complexity index is 955. The molecule has 2 rings (SSSR count). The summed E-state index contributed by atoms with van der Waals surface area (Å²) < 4.78 is 0.